The van der Waals surface area contributed by atoms with Gasteiger partial charge in [-0.15, -0.1) is 0 Å². The molecule has 1 rings (SSSR count). The van der Waals surface area contributed by atoms with E-state index in [-0.39, 0.29) is 11.6 Å². The van der Waals surface area contributed by atoms with Crippen LogP contribution in [0, 0.1) is 11.3 Å². The van der Waals surface area contributed by atoms with Gasteiger partial charge in [0.15, 0.2) is 0 Å². The van der Waals surface area contributed by atoms with Crippen molar-refractivity contribution in [3.8, 4) is 6.07 Å². The molecule has 0 aliphatic heterocycles. The molecule has 18 heavy (non-hydrogen) atoms. The lowest BCUT2D eigenvalue weighted by Crippen LogP contribution is -2.31. The molecular weight excluding hydrogens is 252 g/mol. The Kier molecular flexibility index (Phi) is 4.99. The molecule has 0 aliphatic carbocycles. The first kappa shape index (κ1) is 14.3. The van der Waals surface area contributed by atoms with Crippen molar-refractivity contribution in [2.75, 3.05) is 11.4 Å². The smallest absolute Gasteiger partial charge is 0.335 e. The Morgan fingerprint density at radius 2 is 2.22 bits per heavy atom. The second kappa shape index (κ2) is 6.27. The summed E-state index contributed by atoms with van der Waals surface area (Å²) in [6, 6.07) is 6.91. The summed E-state index contributed by atoms with van der Waals surface area (Å²) in [5.74, 6) is -1.00. The van der Waals surface area contributed by atoms with Gasteiger partial charge in [-0.05, 0) is 32.0 Å². The molecule has 0 bridgehead atoms. The van der Waals surface area contributed by atoms with E-state index < -0.39 is 5.97 Å². The average Bonchev–Trinajstić information content (AvgIpc) is 2.30. The fraction of sp³-hybridized carbons (Fsp3) is 0.385. The van der Waals surface area contributed by atoms with Crippen LogP contribution in [0.15, 0.2) is 18.2 Å². The number of nitriles is 1. The SMILES string of the molecule is CC(C)N(CCC#N)c1ccc(C(=O)O)cc1Cl. The van der Waals surface area contributed by atoms with Crippen LogP contribution in [-0.4, -0.2) is 23.7 Å². The van der Waals surface area contributed by atoms with Gasteiger partial charge in [0.25, 0.3) is 0 Å². The molecule has 0 spiro atoms. The molecule has 1 N–H and O–H groups in total. The second-order valence-electron chi connectivity index (χ2n) is 4.17. The van der Waals surface area contributed by atoms with Crippen LogP contribution in [0.25, 0.3) is 0 Å². The van der Waals surface area contributed by atoms with E-state index in [4.69, 9.17) is 22.0 Å². The van der Waals surface area contributed by atoms with Crippen molar-refractivity contribution in [3.63, 3.8) is 0 Å². The summed E-state index contributed by atoms with van der Waals surface area (Å²) in [5.41, 5.74) is 0.916. The van der Waals surface area contributed by atoms with E-state index in [9.17, 15) is 4.79 Å². The van der Waals surface area contributed by atoms with Crippen molar-refractivity contribution in [3.05, 3.63) is 28.8 Å². The molecule has 0 fully saturated rings. The number of carboxylic acids is 1. The van der Waals surface area contributed by atoms with E-state index in [1.165, 1.54) is 12.1 Å². The Hall–Kier alpha value is -1.73. The van der Waals surface area contributed by atoms with Crippen molar-refractivity contribution >= 4 is 23.3 Å². The van der Waals surface area contributed by atoms with Gasteiger partial charge < -0.3 is 10.0 Å². The van der Waals surface area contributed by atoms with Crippen molar-refractivity contribution in [1.29, 1.82) is 5.26 Å². The fourth-order valence-corrected chi connectivity index (χ4v) is 1.99. The summed E-state index contributed by atoms with van der Waals surface area (Å²) in [7, 11) is 0. The molecule has 0 amide bonds. The van der Waals surface area contributed by atoms with Crippen molar-refractivity contribution < 1.29 is 9.90 Å². The van der Waals surface area contributed by atoms with Gasteiger partial charge in [-0.3, -0.25) is 0 Å². The zero-order valence-electron chi connectivity index (χ0n) is 10.4. The highest BCUT2D eigenvalue weighted by Gasteiger charge is 2.15. The normalized spacial score (nSPS) is 10.2. The maximum absolute atomic E-state index is 10.8. The monoisotopic (exact) mass is 266 g/mol. The zero-order valence-corrected chi connectivity index (χ0v) is 11.1. The summed E-state index contributed by atoms with van der Waals surface area (Å²) >= 11 is 6.10. The number of carboxylic acid groups (broad SMARTS) is 1. The first-order valence-electron chi connectivity index (χ1n) is 5.63. The summed E-state index contributed by atoms with van der Waals surface area (Å²) in [6.07, 6.45) is 0.398. The molecule has 0 aromatic heterocycles. The lowest BCUT2D eigenvalue weighted by molar-refractivity contribution is 0.0697. The number of carbonyl (C=O) groups is 1. The number of hydrogen-bond donors (Lipinski definition) is 1. The fourth-order valence-electron chi connectivity index (χ4n) is 1.70. The maximum atomic E-state index is 10.8. The largest absolute Gasteiger partial charge is 0.478 e. The van der Waals surface area contributed by atoms with Crippen molar-refractivity contribution in [2.45, 2.75) is 26.3 Å². The Bertz CT molecular complexity index is 480. The Balaban J connectivity index is 3.06. The first-order chi connectivity index (χ1) is 8.47. The Labute approximate surface area is 111 Å². The predicted molar refractivity (Wildman–Crippen MR) is 71.1 cm³/mol. The number of anilines is 1. The van der Waals surface area contributed by atoms with E-state index in [1.54, 1.807) is 6.07 Å². The molecule has 0 radical (unpaired) electrons. The third-order valence-corrected chi connectivity index (χ3v) is 2.89. The van der Waals surface area contributed by atoms with E-state index >= 15 is 0 Å². The highest BCUT2D eigenvalue weighted by Crippen LogP contribution is 2.28. The van der Waals surface area contributed by atoms with Gasteiger partial charge in [-0.1, -0.05) is 11.6 Å². The van der Waals surface area contributed by atoms with Crippen LogP contribution < -0.4 is 4.90 Å². The van der Waals surface area contributed by atoms with E-state index in [0.29, 0.717) is 18.0 Å². The summed E-state index contributed by atoms with van der Waals surface area (Å²) in [5, 5.41) is 17.9. The van der Waals surface area contributed by atoms with Crippen molar-refractivity contribution in [2.24, 2.45) is 0 Å². The Morgan fingerprint density at radius 1 is 1.56 bits per heavy atom. The predicted octanol–water partition coefficient (Wildman–Crippen LogP) is 3.17. The van der Waals surface area contributed by atoms with Gasteiger partial charge in [0, 0.05) is 12.6 Å². The third-order valence-electron chi connectivity index (χ3n) is 2.59. The van der Waals surface area contributed by atoms with Gasteiger partial charge in [0.05, 0.1) is 28.8 Å². The summed E-state index contributed by atoms with van der Waals surface area (Å²) in [4.78, 5) is 12.8. The quantitative estimate of drug-likeness (QED) is 0.889. The Morgan fingerprint density at radius 3 is 2.67 bits per heavy atom. The molecule has 0 saturated heterocycles. The number of aromatic carboxylic acids is 1. The van der Waals surface area contributed by atoms with Gasteiger partial charge in [-0.25, -0.2) is 4.79 Å². The van der Waals surface area contributed by atoms with Crippen molar-refractivity contribution in [1.82, 2.24) is 0 Å². The minimum atomic E-state index is -1.00. The lowest BCUT2D eigenvalue weighted by Gasteiger charge is -2.29. The standard InChI is InChI=1S/C13H15ClN2O2/c1-9(2)16(7-3-6-15)12-5-4-10(13(17)18)8-11(12)14/h4-5,8-9H,3,7H2,1-2H3,(H,17,18). The minimum Gasteiger partial charge on any atom is -0.478 e. The van der Waals surface area contributed by atoms with Crippen LogP contribution in [0.2, 0.25) is 5.02 Å². The van der Waals surface area contributed by atoms with Crippen LogP contribution in [0.5, 0.6) is 0 Å². The lowest BCUT2D eigenvalue weighted by atomic mass is 10.1. The summed E-state index contributed by atoms with van der Waals surface area (Å²) < 4.78 is 0. The van der Waals surface area contributed by atoms with Gasteiger partial charge in [-0.2, -0.15) is 5.26 Å². The number of halogens is 1. The number of rotatable bonds is 5. The van der Waals surface area contributed by atoms with Crippen LogP contribution in [-0.2, 0) is 0 Å². The summed E-state index contributed by atoms with van der Waals surface area (Å²) in [6.45, 7) is 4.57. The molecule has 0 atom stereocenters. The number of nitrogens with zero attached hydrogens (tertiary/aromatic N) is 2. The number of hydrogen-bond acceptors (Lipinski definition) is 3. The molecule has 5 heteroatoms. The third kappa shape index (κ3) is 3.38. The molecule has 0 aliphatic rings. The first-order valence-corrected chi connectivity index (χ1v) is 6.01. The molecular formula is C13H15ClN2O2. The minimum absolute atomic E-state index is 0.160. The second-order valence-corrected chi connectivity index (χ2v) is 4.57. The van der Waals surface area contributed by atoms with Crippen LogP contribution in [0.4, 0.5) is 5.69 Å². The molecule has 0 unspecified atom stereocenters. The maximum Gasteiger partial charge on any atom is 0.335 e. The van der Waals surface area contributed by atoms with E-state index in [2.05, 4.69) is 6.07 Å². The molecule has 96 valence electrons. The van der Waals surface area contributed by atoms with Gasteiger partial charge >= 0.3 is 5.97 Å². The number of benzene rings is 1. The van der Waals surface area contributed by atoms with Gasteiger partial charge in [0.1, 0.15) is 0 Å². The molecule has 0 saturated carbocycles. The molecule has 4 nitrogen and oxygen atoms in total. The van der Waals surface area contributed by atoms with Crippen LogP contribution in [0.3, 0.4) is 0 Å². The molecule has 1 aromatic carbocycles. The molecule has 0 heterocycles. The van der Waals surface area contributed by atoms with E-state index in [1.807, 2.05) is 18.7 Å². The van der Waals surface area contributed by atoms with E-state index in [0.717, 1.165) is 5.69 Å². The highest BCUT2D eigenvalue weighted by atomic mass is 35.5. The average molecular weight is 267 g/mol. The zero-order chi connectivity index (χ0) is 13.7. The van der Waals surface area contributed by atoms with Gasteiger partial charge in [0.2, 0.25) is 0 Å². The van der Waals surface area contributed by atoms with Crippen LogP contribution in [0.1, 0.15) is 30.6 Å². The van der Waals surface area contributed by atoms with Crippen LogP contribution >= 0.6 is 11.6 Å². The molecule has 1 aromatic rings. The highest BCUT2D eigenvalue weighted by molar-refractivity contribution is 6.33. The topological polar surface area (TPSA) is 64.3 Å².